The number of carbonyl (C=O) groups excluding carboxylic acids is 1. The fourth-order valence-corrected chi connectivity index (χ4v) is 3.26. The number of ether oxygens (including phenoxy) is 1. The molecule has 3 rings (SSSR count). The van der Waals surface area contributed by atoms with Crippen molar-refractivity contribution in [3.63, 3.8) is 0 Å². The number of nitriles is 1. The van der Waals surface area contributed by atoms with Crippen molar-refractivity contribution in [3.8, 4) is 17.3 Å². The molecule has 0 aliphatic carbocycles. The number of carbonyl (C=O) groups is 1. The first kappa shape index (κ1) is 19.3. The minimum Gasteiger partial charge on any atom is -0.462 e. The minimum atomic E-state index is -0.353. The van der Waals surface area contributed by atoms with Crippen molar-refractivity contribution < 1.29 is 9.53 Å². The smallest absolute Gasteiger partial charge is 0.338 e. The van der Waals surface area contributed by atoms with E-state index in [9.17, 15) is 10.1 Å². The summed E-state index contributed by atoms with van der Waals surface area (Å²) in [6.07, 6.45) is 1.62. The zero-order valence-corrected chi connectivity index (χ0v) is 16.4. The first-order valence-electron chi connectivity index (χ1n) is 8.77. The molecule has 0 amide bonds. The van der Waals surface area contributed by atoms with Crippen LogP contribution in [0.25, 0.3) is 16.8 Å². The zero-order chi connectivity index (χ0) is 19.9. The molecule has 1 heterocycles. The molecule has 0 saturated carbocycles. The average molecular weight is 389 g/mol. The highest BCUT2D eigenvalue weighted by Crippen LogP contribution is 2.26. The number of allylic oxidation sites excluding steroid dienone is 1. The Morgan fingerprint density at radius 1 is 1.21 bits per heavy atom. The third-order valence-electron chi connectivity index (χ3n) is 3.98. The Hall–Kier alpha value is -3.43. The zero-order valence-electron chi connectivity index (χ0n) is 15.6. The van der Waals surface area contributed by atoms with E-state index in [2.05, 4.69) is 16.4 Å². The molecule has 140 valence electrons. The van der Waals surface area contributed by atoms with E-state index in [4.69, 9.17) is 4.74 Å². The lowest BCUT2D eigenvalue weighted by molar-refractivity contribution is 0.0526. The van der Waals surface area contributed by atoms with Gasteiger partial charge in [0.15, 0.2) is 0 Å². The topological polar surface area (TPSA) is 75.0 Å². The van der Waals surface area contributed by atoms with Crippen LogP contribution in [-0.4, -0.2) is 17.6 Å². The average Bonchev–Trinajstić information content (AvgIpc) is 3.20. The van der Waals surface area contributed by atoms with Crippen molar-refractivity contribution >= 4 is 28.6 Å². The predicted molar refractivity (Wildman–Crippen MR) is 112 cm³/mol. The Labute approximate surface area is 167 Å². The standard InChI is InChI=1S/C22H19N3O2S/c1-3-27-22(26)17-8-10-19(11-9-17)24-13-18(12-23)21-25-20(14-28-21)16-6-4-15(2)5-7-16/h4-11,13-14,24H,3H2,1-2H3/b18-13-. The minimum absolute atomic E-state index is 0.339. The van der Waals surface area contributed by atoms with Crippen LogP contribution >= 0.6 is 11.3 Å². The van der Waals surface area contributed by atoms with Gasteiger partial charge in [0.25, 0.3) is 0 Å². The van der Waals surface area contributed by atoms with Gasteiger partial charge in [-0.2, -0.15) is 5.26 Å². The normalized spacial score (nSPS) is 11.0. The summed E-state index contributed by atoms with van der Waals surface area (Å²) in [6, 6.07) is 17.2. The molecule has 0 fully saturated rings. The van der Waals surface area contributed by atoms with Gasteiger partial charge < -0.3 is 10.1 Å². The number of nitrogens with one attached hydrogen (secondary N) is 1. The summed E-state index contributed by atoms with van der Waals surface area (Å²) in [6.45, 7) is 4.15. The van der Waals surface area contributed by atoms with E-state index in [0.29, 0.717) is 22.8 Å². The molecule has 1 aromatic heterocycles. The van der Waals surface area contributed by atoms with Crippen LogP contribution in [0.3, 0.4) is 0 Å². The molecule has 0 radical (unpaired) electrons. The van der Waals surface area contributed by atoms with Crippen molar-refractivity contribution in [2.24, 2.45) is 0 Å². The maximum Gasteiger partial charge on any atom is 0.338 e. The molecule has 3 aromatic rings. The first-order chi connectivity index (χ1) is 13.6. The Morgan fingerprint density at radius 2 is 1.93 bits per heavy atom. The largest absolute Gasteiger partial charge is 0.462 e. The highest BCUT2D eigenvalue weighted by molar-refractivity contribution is 7.11. The number of rotatable bonds is 6. The number of aryl methyl sites for hydroxylation is 1. The number of hydrogen-bond donors (Lipinski definition) is 1. The van der Waals surface area contributed by atoms with Gasteiger partial charge in [0.2, 0.25) is 0 Å². The molecular weight excluding hydrogens is 370 g/mol. The van der Waals surface area contributed by atoms with Gasteiger partial charge in [-0.3, -0.25) is 0 Å². The fourth-order valence-electron chi connectivity index (χ4n) is 2.47. The van der Waals surface area contributed by atoms with Crippen LogP contribution in [0.1, 0.15) is 27.9 Å². The van der Waals surface area contributed by atoms with E-state index < -0.39 is 0 Å². The van der Waals surface area contributed by atoms with Crippen molar-refractivity contribution in [2.75, 3.05) is 11.9 Å². The van der Waals surface area contributed by atoms with E-state index in [1.807, 2.05) is 36.6 Å². The number of nitrogens with zero attached hydrogens (tertiary/aromatic N) is 2. The summed E-state index contributed by atoms with van der Waals surface area (Å²) in [5.74, 6) is -0.353. The summed E-state index contributed by atoms with van der Waals surface area (Å²) in [5, 5.41) is 15.2. The molecule has 0 bridgehead atoms. The fraction of sp³-hybridized carbons (Fsp3) is 0.136. The molecule has 5 nitrogen and oxygen atoms in total. The first-order valence-corrected chi connectivity index (χ1v) is 9.65. The highest BCUT2D eigenvalue weighted by atomic mass is 32.1. The maximum absolute atomic E-state index is 11.7. The number of anilines is 1. The number of aromatic nitrogens is 1. The molecule has 0 atom stereocenters. The number of benzene rings is 2. The summed E-state index contributed by atoms with van der Waals surface area (Å²) in [7, 11) is 0. The third-order valence-corrected chi connectivity index (χ3v) is 4.86. The summed E-state index contributed by atoms with van der Waals surface area (Å²) in [4.78, 5) is 16.3. The quantitative estimate of drug-likeness (QED) is 0.459. The van der Waals surface area contributed by atoms with Crippen molar-refractivity contribution in [1.82, 2.24) is 4.98 Å². The van der Waals surface area contributed by atoms with E-state index in [1.54, 1.807) is 37.4 Å². The van der Waals surface area contributed by atoms with E-state index in [1.165, 1.54) is 16.9 Å². The summed E-state index contributed by atoms with van der Waals surface area (Å²) >= 11 is 1.43. The van der Waals surface area contributed by atoms with Crippen LogP contribution in [0.4, 0.5) is 5.69 Å². The molecule has 0 saturated heterocycles. The van der Waals surface area contributed by atoms with Crippen LogP contribution < -0.4 is 5.32 Å². The lowest BCUT2D eigenvalue weighted by atomic mass is 10.1. The second-order valence-electron chi connectivity index (χ2n) is 6.02. The molecule has 0 unspecified atom stereocenters. The van der Waals surface area contributed by atoms with Crippen LogP contribution in [0, 0.1) is 18.3 Å². The summed E-state index contributed by atoms with van der Waals surface area (Å²) < 4.78 is 4.97. The van der Waals surface area contributed by atoms with Crippen LogP contribution in [0.5, 0.6) is 0 Å². The Balaban J connectivity index is 1.73. The van der Waals surface area contributed by atoms with Gasteiger partial charge >= 0.3 is 5.97 Å². The van der Waals surface area contributed by atoms with Crippen LogP contribution in [0.15, 0.2) is 60.1 Å². The monoisotopic (exact) mass is 389 g/mol. The van der Waals surface area contributed by atoms with Gasteiger partial charge in [0, 0.05) is 22.8 Å². The molecule has 1 N–H and O–H groups in total. The molecule has 28 heavy (non-hydrogen) atoms. The Kier molecular flexibility index (Phi) is 6.20. The van der Waals surface area contributed by atoms with E-state index in [-0.39, 0.29) is 5.97 Å². The van der Waals surface area contributed by atoms with Crippen LogP contribution in [-0.2, 0) is 4.74 Å². The number of thiazole rings is 1. The molecule has 0 aliphatic heterocycles. The van der Waals surface area contributed by atoms with Gasteiger partial charge in [-0.15, -0.1) is 11.3 Å². The van der Waals surface area contributed by atoms with Gasteiger partial charge in [-0.1, -0.05) is 29.8 Å². The van der Waals surface area contributed by atoms with E-state index >= 15 is 0 Å². The van der Waals surface area contributed by atoms with Gasteiger partial charge in [0.05, 0.1) is 17.9 Å². The Morgan fingerprint density at radius 3 is 2.57 bits per heavy atom. The molecule has 0 spiro atoms. The molecule has 2 aromatic carbocycles. The highest BCUT2D eigenvalue weighted by Gasteiger charge is 2.09. The number of hydrogen-bond acceptors (Lipinski definition) is 6. The van der Waals surface area contributed by atoms with Gasteiger partial charge in [0.1, 0.15) is 16.6 Å². The molecule has 0 aliphatic rings. The lowest BCUT2D eigenvalue weighted by Crippen LogP contribution is -2.04. The van der Waals surface area contributed by atoms with Crippen molar-refractivity contribution in [2.45, 2.75) is 13.8 Å². The molecular formula is C22H19N3O2S. The van der Waals surface area contributed by atoms with Crippen LogP contribution in [0.2, 0.25) is 0 Å². The second-order valence-corrected chi connectivity index (χ2v) is 6.87. The van der Waals surface area contributed by atoms with Gasteiger partial charge in [-0.25, -0.2) is 9.78 Å². The van der Waals surface area contributed by atoms with Crippen molar-refractivity contribution in [3.05, 3.63) is 76.2 Å². The Bertz CT molecular complexity index is 1030. The SMILES string of the molecule is CCOC(=O)c1ccc(N/C=C(/C#N)c2nc(-c3ccc(C)cc3)cs2)cc1. The van der Waals surface area contributed by atoms with E-state index in [0.717, 1.165) is 16.9 Å². The third kappa shape index (κ3) is 4.64. The maximum atomic E-state index is 11.7. The van der Waals surface area contributed by atoms with Gasteiger partial charge in [-0.05, 0) is 38.1 Å². The summed E-state index contributed by atoms with van der Waals surface area (Å²) in [5.41, 5.74) is 4.75. The number of esters is 1. The molecule has 6 heteroatoms. The lowest BCUT2D eigenvalue weighted by Gasteiger charge is -2.04. The second kappa shape index (κ2) is 8.98. The predicted octanol–water partition coefficient (Wildman–Crippen LogP) is 5.27. The van der Waals surface area contributed by atoms with Crippen molar-refractivity contribution in [1.29, 1.82) is 5.26 Å².